The van der Waals surface area contributed by atoms with Gasteiger partial charge in [0.15, 0.2) is 5.67 Å². The molecule has 4 fully saturated rings. The first-order valence-corrected chi connectivity index (χ1v) is 13.5. The molecule has 2 bridgehead atoms. The fourth-order valence-corrected chi connectivity index (χ4v) is 9.12. The Bertz CT molecular complexity index is 1320. The summed E-state index contributed by atoms with van der Waals surface area (Å²) in [7, 11) is 3.63. The second-order valence-corrected chi connectivity index (χ2v) is 12.8. The van der Waals surface area contributed by atoms with Crippen LogP contribution in [-0.4, -0.2) is 80.2 Å². The van der Waals surface area contributed by atoms with Crippen LogP contribution in [0.1, 0.15) is 57.4 Å². The van der Waals surface area contributed by atoms with E-state index in [4.69, 9.17) is 4.74 Å². The zero-order valence-electron chi connectivity index (χ0n) is 21.6. The molecule has 2 N–H and O–H groups in total. The highest BCUT2D eigenvalue weighted by molar-refractivity contribution is 5.84. The van der Waals surface area contributed by atoms with Crippen molar-refractivity contribution in [2.45, 2.75) is 92.7 Å². The van der Waals surface area contributed by atoms with Gasteiger partial charge in [-0.1, -0.05) is 25.1 Å². The van der Waals surface area contributed by atoms with Crippen molar-refractivity contribution < 1.29 is 23.7 Å². The van der Waals surface area contributed by atoms with E-state index >= 15 is 8.78 Å². The number of likely N-dealkylation sites (N-methyl/N-ethyl adjacent to an activating group) is 1. The van der Waals surface area contributed by atoms with Crippen molar-refractivity contribution in [1.29, 1.82) is 0 Å². The Balaban J connectivity index is 1.29. The van der Waals surface area contributed by atoms with Gasteiger partial charge in [0.2, 0.25) is 0 Å². The van der Waals surface area contributed by atoms with E-state index in [9.17, 15) is 10.2 Å². The summed E-state index contributed by atoms with van der Waals surface area (Å²) in [6.45, 7) is 2.21. The van der Waals surface area contributed by atoms with E-state index in [0.717, 1.165) is 16.5 Å². The van der Waals surface area contributed by atoms with Crippen LogP contribution in [0.5, 0.6) is 0 Å². The second kappa shape index (κ2) is 7.34. The van der Waals surface area contributed by atoms with Crippen LogP contribution in [0.2, 0.25) is 0 Å². The molecular weight excluding hydrogens is 476 g/mol. The molecule has 8 heteroatoms. The van der Waals surface area contributed by atoms with Gasteiger partial charge in [-0.3, -0.25) is 0 Å². The van der Waals surface area contributed by atoms with Crippen LogP contribution in [0.3, 0.4) is 0 Å². The first-order valence-electron chi connectivity index (χ1n) is 13.5. The van der Waals surface area contributed by atoms with Crippen LogP contribution >= 0.6 is 0 Å². The molecule has 2 saturated carbocycles. The monoisotopic (exact) mass is 511 g/mol. The molecule has 198 valence electrons. The molecule has 0 amide bonds. The molecule has 2 spiro atoms. The minimum atomic E-state index is -2.33. The summed E-state index contributed by atoms with van der Waals surface area (Å²) in [5.74, 6) is -0.142. The lowest BCUT2D eigenvalue weighted by Crippen LogP contribution is -2.78. The summed E-state index contributed by atoms with van der Waals surface area (Å²) in [4.78, 5) is 1.82. The number of halogens is 2. The Morgan fingerprint density at radius 3 is 2.68 bits per heavy atom. The van der Waals surface area contributed by atoms with E-state index in [1.54, 1.807) is 6.20 Å². The van der Waals surface area contributed by atoms with Crippen LogP contribution in [0, 0.1) is 11.3 Å². The normalized spacial score (nSPS) is 48.5. The Morgan fingerprint density at radius 1 is 1.08 bits per heavy atom. The number of alkyl halides is 2. The molecule has 2 saturated heterocycles. The fourth-order valence-electron chi connectivity index (χ4n) is 9.12. The van der Waals surface area contributed by atoms with Crippen molar-refractivity contribution >= 4 is 16.5 Å². The molecule has 5 aliphatic rings. The maximum Gasteiger partial charge on any atom is 0.171 e. The summed E-state index contributed by atoms with van der Waals surface area (Å²) >= 11 is 0. The molecular formula is C29H35F2N3O3. The highest BCUT2D eigenvalue weighted by Crippen LogP contribution is 2.74. The van der Waals surface area contributed by atoms with Crippen LogP contribution in [-0.2, 0) is 4.74 Å². The third-order valence-electron chi connectivity index (χ3n) is 11.1. The number of benzene rings is 1. The molecule has 3 aliphatic carbocycles. The lowest BCUT2D eigenvalue weighted by atomic mass is 9.51. The largest absolute Gasteiger partial charge is 0.389 e. The number of ether oxygens (including phenoxy) is 1. The zero-order valence-corrected chi connectivity index (χ0v) is 21.6. The van der Waals surface area contributed by atoms with Crippen molar-refractivity contribution in [2.75, 3.05) is 14.1 Å². The van der Waals surface area contributed by atoms with Crippen molar-refractivity contribution in [3.8, 4) is 0 Å². The van der Waals surface area contributed by atoms with Gasteiger partial charge in [-0.2, -0.15) is 10.2 Å². The van der Waals surface area contributed by atoms with Gasteiger partial charge in [-0.25, -0.2) is 8.78 Å². The first kappa shape index (κ1) is 24.1. The Labute approximate surface area is 215 Å². The second-order valence-electron chi connectivity index (χ2n) is 12.8. The third-order valence-corrected chi connectivity index (χ3v) is 11.1. The van der Waals surface area contributed by atoms with Crippen molar-refractivity contribution in [3.63, 3.8) is 0 Å². The third kappa shape index (κ3) is 2.78. The number of aromatic nitrogens is 2. The molecule has 6 nitrogen and oxygen atoms in total. The zero-order chi connectivity index (χ0) is 26.0. The Morgan fingerprint density at radius 2 is 1.89 bits per heavy atom. The first-order chi connectivity index (χ1) is 17.5. The number of hydrogen-bond donors (Lipinski definition) is 2. The Kier molecular flexibility index (Phi) is 4.78. The van der Waals surface area contributed by atoms with Crippen molar-refractivity contribution in [1.82, 2.24) is 15.1 Å². The van der Waals surface area contributed by atoms with Gasteiger partial charge in [0.1, 0.15) is 23.0 Å². The van der Waals surface area contributed by atoms with Gasteiger partial charge in [0, 0.05) is 23.8 Å². The minimum Gasteiger partial charge on any atom is -0.389 e. The summed E-state index contributed by atoms with van der Waals surface area (Å²) in [5.41, 5.74) is -3.94. The summed E-state index contributed by atoms with van der Waals surface area (Å²) < 4.78 is 40.9. The van der Waals surface area contributed by atoms with Crippen LogP contribution in [0.25, 0.3) is 16.5 Å². The molecule has 3 heterocycles. The predicted molar refractivity (Wildman–Crippen MR) is 135 cm³/mol. The number of nitrogens with zero attached hydrogens (tertiary/aromatic N) is 3. The average Bonchev–Trinajstić information content (AvgIpc) is 3.42. The number of aliphatic hydroxyl groups is 2. The van der Waals surface area contributed by atoms with Gasteiger partial charge < -0.3 is 19.8 Å². The van der Waals surface area contributed by atoms with Crippen LogP contribution < -0.4 is 0 Å². The summed E-state index contributed by atoms with van der Waals surface area (Å²) in [6.07, 6.45) is 2.86. The lowest BCUT2D eigenvalue weighted by molar-refractivity contribution is -0.347. The molecule has 0 radical (unpaired) electrons. The number of fused-ring (bicyclic) bond motifs is 2. The highest BCUT2D eigenvalue weighted by Gasteiger charge is 2.82. The number of allylic oxidation sites excluding steroid dienone is 2. The lowest BCUT2D eigenvalue weighted by Gasteiger charge is -2.65. The van der Waals surface area contributed by atoms with Crippen LogP contribution in [0.15, 0.2) is 36.5 Å². The van der Waals surface area contributed by atoms with E-state index < -0.39 is 47.2 Å². The smallest absolute Gasteiger partial charge is 0.171 e. The topological polar surface area (TPSA) is 78.7 Å². The molecule has 3 unspecified atom stereocenters. The maximum absolute atomic E-state index is 17.2. The molecule has 2 aliphatic heterocycles. The highest BCUT2D eigenvalue weighted by atomic mass is 19.2. The number of rotatable bonds is 2. The quantitative estimate of drug-likeness (QED) is 0.635. The molecule has 9 atom stereocenters. The molecule has 1 aromatic carbocycles. The molecule has 37 heavy (non-hydrogen) atoms. The van der Waals surface area contributed by atoms with E-state index in [1.165, 1.54) is 5.57 Å². The number of hydrogen-bond acceptors (Lipinski definition) is 6. The standard InChI is InChI=1S/C29H35F2N3O3/c1-25-9-10-26(30)16-28(31)24(36)23(35)21(34(2)3)15-27(28)11-12-29(26,37-27)22(25)7-6-19(25)18-5-4-17-8-13-32-33-20(17)14-18/h4-6,8,13-14,21-24,35-36H,7,9-12,15-16H2,1-3H3/t21-,22?,23+,24-,25+,26?,27+,28?,29-/m0/s1. The van der Waals surface area contributed by atoms with E-state index in [2.05, 4.69) is 35.3 Å². The fraction of sp³-hybridized carbons (Fsp3) is 0.655. The van der Waals surface area contributed by atoms with Gasteiger partial charge in [0.05, 0.1) is 17.8 Å². The summed E-state index contributed by atoms with van der Waals surface area (Å²) in [5, 5.41) is 31.2. The maximum atomic E-state index is 17.2. The molecule has 2 aromatic rings. The van der Waals surface area contributed by atoms with E-state index in [-0.39, 0.29) is 24.2 Å². The molecule has 7 rings (SSSR count). The van der Waals surface area contributed by atoms with Gasteiger partial charge in [0.25, 0.3) is 0 Å². The van der Waals surface area contributed by atoms with Gasteiger partial charge in [-0.15, -0.1) is 0 Å². The number of aliphatic hydroxyl groups excluding tert-OH is 2. The average molecular weight is 512 g/mol. The van der Waals surface area contributed by atoms with Gasteiger partial charge in [-0.05, 0) is 81.3 Å². The van der Waals surface area contributed by atoms with Crippen LogP contribution in [0.4, 0.5) is 8.78 Å². The predicted octanol–water partition coefficient (Wildman–Crippen LogP) is 4.00. The van der Waals surface area contributed by atoms with E-state index in [0.29, 0.717) is 25.7 Å². The van der Waals surface area contributed by atoms with E-state index in [1.807, 2.05) is 31.1 Å². The minimum absolute atomic E-state index is 0.142. The Hall–Kier alpha value is -2.00. The van der Waals surface area contributed by atoms with Crippen molar-refractivity contribution in [2.24, 2.45) is 11.3 Å². The summed E-state index contributed by atoms with van der Waals surface area (Å²) in [6, 6.07) is 7.68. The SMILES string of the molecule is CN(C)[C@H]1C[C@@]23CC[C@]4(O2)C2CC=C(c5ccc6ccnnc6c5)[C@@]2(C)CCC4(F)CC3(F)[C@@H](O)[C@@H]1O. The van der Waals surface area contributed by atoms with Gasteiger partial charge >= 0.3 is 0 Å². The molecule has 1 aromatic heterocycles. The van der Waals surface area contributed by atoms with Crippen molar-refractivity contribution in [3.05, 3.63) is 42.1 Å².